The molecule has 1 aromatic rings. The Kier molecular flexibility index (Phi) is 4.58. The van der Waals surface area contributed by atoms with E-state index in [0.717, 1.165) is 12.3 Å². The van der Waals surface area contributed by atoms with Gasteiger partial charge in [0.15, 0.2) is 0 Å². The van der Waals surface area contributed by atoms with Crippen LogP contribution < -0.4 is 0 Å². The first-order valence-corrected chi connectivity index (χ1v) is 5.30. The summed E-state index contributed by atoms with van der Waals surface area (Å²) < 4.78 is 0. The van der Waals surface area contributed by atoms with Gasteiger partial charge < -0.3 is 4.98 Å². The summed E-state index contributed by atoms with van der Waals surface area (Å²) in [6.45, 7) is 4.60. The van der Waals surface area contributed by atoms with Crippen LogP contribution in [0.25, 0.3) is 0 Å². The van der Waals surface area contributed by atoms with Gasteiger partial charge in [-0.2, -0.15) is 0 Å². The molecule has 1 rings (SSSR count). The number of imidazole rings is 1. The molecule has 0 aromatic carbocycles. The highest BCUT2D eigenvalue weighted by Crippen LogP contribution is 2.13. The molecule has 0 radical (unpaired) electrons. The molecule has 1 aromatic heterocycles. The van der Waals surface area contributed by atoms with Gasteiger partial charge in [0.05, 0.1) is 6.33 Å². The van der Waals surface area contributed by atoms with Crippen molar-refractivity contribution in [1.29, 1.82) is 0 Å². The summed E-state index contributed by atoms with van der Waals surface area (Å²) >= 11 is 0. The van der Waals surface area contributed by atoms with E-state index in [1.165, 1.54) is 31.4 Å². The number of aromatic amines is 1. The van der Waals surface area contributed by atoms with Crippen molar-refractivity contribution in [2.75, 3.05) is 0 Å². The molecule has 2 nitrogen and oxygen atoms in total. The van der Waals surface area contributed by atoms with Gasteiger partial charge in [0.25, 0.3) is 0 Å². The van der Waals surface area contributed by atoms with E-state index in [0.29, 0.717) is 0 Å². The van der Waals surface area contributed by atoms with Crippen LogP contribution in [-0.4, -0.2) is 9.97 Å². The van der Waals surface area contributed by atoms with Crippen molar-refractivity contribution in [3.63, 3.8) is 0 Å². The van der Waals surface area contributed by atoms with Crippen LogP contribution in [0.5, 0.6) is 0 Å². The van der Waals surface area contributed by atoms with Crippen LogP contribution in [0.15, 0.2) is 12.5 Å². The lowest BCUT2D eigenvalue weighted by Gasteiger charge is -2.08. The number of H-pyrrole nitrogens is 1. The van der Waals surface area contributed by atoms with E-state index in [4.69, 9.17) is 0 Å². The van der Waals surface area contributed by atoms with Crippen molar-refractivity contribution in [1.82, 2.24) is 9.97 Å². The first-order valence-electron chi connectivity index (χ1n) is 5.30. The van der Waals surface area contributed by atoms with E-state index in [1.54, 1.807) is 6.33 Å². The van der Waals surface area contributed by atoms with E-state index >= 15 is 0 Å². The van der Waals surface area contributed by atoms with E-state index < -0.39 is 0 Å². The third kappa shape index (κ3) is 4.11. The number of aryl methyl sites for hydroxylation is 1. The number of rotatable bonds is 6. The zero-order chi connectivity index (χ0) is 9.52. The Morgan fingerprint density at radius 1 is 1.46 bits per heavy atom. The summed E-state index contributed by atoms with van der Waals surface area (Å²) in [6, 6.07) is 0. The van der Waals surface area contributed by atoms with Crippen LogP contribution in [-0.2, 0) is 6.42 Å². The highest BCUT2D eigenvalue weighted by atomic mass is 14.9. The molecule has 1 unspecified atom stereocenters. The standard InChI is InChI=1S/C11H20N2/c1-3-5-10(2)6-4-7-11-8-12-9-13-11/h8-10H,3-7H2,1-2H3,(H,12,13). The second-order valence-electron chi connectivity index (χ2n) is 3.86. The summed E-state index contributed by atoms with van der Waals surface area (Å²) in [5.41, 5.74) is 1.27. The largest absolute Gasteiger partial charge is 0.348 e. The van der Waals surface area contributed by atoms with Crippen molar-refractivity contribution < 1.29 is 0 Å². The topological polar surface area (TPSA) is 28.7 Å². The molecule has 1 atom stereocenters. The Bertz CT molecular complexity index is 204. The molecule has 0 aliphatic heterocycles. The molecule has 1 heterocycles. The van der Waals surface area contributed by atoms with Crippen LogP contribution in [0.1, 0.15) is 45.2 Å². The van der Waals surface area contributed by atoms with Crippen molar-refractivity contribution in [2.24, 2.45) is 5.92 Å². The molecule has 13 heavy (non-hydrogen) atoms. The molecule has 74 valence electrons. The van der Waals surface area contributed by atoms with Gasteiger partial charge in [-0.25, -0.2) is 4.98 Å². The molecule has 0 bridgehead atoms. The van der Waals surface area contributed by atoms with Crippen LogP contribution in [0, 0.1) is 5.92 Å². The maximum Gasteiger partial charge on any atom is 0.0921 e. The average Bonchev–Trinajstić information content (AvgIpc) is 2.57. The molecule has 0 aliphatic rings. The smallest absolute Gasteiger partial charge is 0.0921 e. The summed E-state index contributed by atoms with van der Waals surface area (Å²) in [4.78, 5) is 7.13. The fourth-order valence-electron chi connectivity index (χ4n) is 1.70. The fourth-order valence-corrected chi connectivity index (χ4v) is 1.70. The number of nitrogens with one attached hydrogen (secondary N) is 1. The molecule has 0 saturated carbocycles. The predicted molar refractivity (Wildman–Crippen MR) is 55.6 cm³/mol. The fraction of sp³-hybridized carbons (Fsp3) is 0.727. The molecule has 0 amide bonds. The van der Waals surface area contributed by atoms with Gasteiger partial charge in [-0.1, -0.05) is 33.1 Å². The third-order valence-electron chi connectivity index (χ3n) is 2.48. The number of aromatic nitrogens is 2. The quantitative estimate of drug-likeness (QED) is 0.715. The van der Waals surface area contributed by atoms with Crippen molar-refractivity contribution in [3.8, 4) is 0 Å². The maximum absolute atomic E-state index is 4.00. The van der Waals surface area contributed by atoms with Gasteiger partial charge in [-0.05, 0) is 18.8 Å². The highest BCUT2D eigenvalue weighted by molar-refractivity contribution is 4.93. The van der Waals surface area contributed by atoms with Crippen molar-refractivity contribution in [2.45, 2.75) is 46.0 Å². The number of nitrogens with zero attached hydrogens (tertiary/aromatic N) is 1. The minimum absolute atomic E-state index is 0.882. The van der Waals surface area contributed by atoms with Gasteiger partial charge in [0.2, 0.25) is 0 Å². The van der Waals surface area contributed by atoms with E-state index in [-0.39, 0.29) is 0 Å². The van der Waals surface area contributed by atoms with Crippen LogP contribution in [0.4, 0.5) is 0 Å². The zero-order valence-corrected chi connectivity index (χ0v) is 8.71. The lowest BCUT2D eigenvalue weighted by Crippen LogP contribution is -1.95. The van der Waals surface area contributed by atoms with Gasteiger partial charge in [0.1, 0.15) is 0 Å². The monoisotopic (exact) mass is 180 g/mol. The Morgan fingerprint density at radius 2 is 2.31 bits per heavy atom. The second-order valence-corrected chi connectivity index (χ2v) is 3.86. The van der Waals surface area contributed by atoms with Crippen LogP contribution in [0.2, 0.25) is 0 Å². The number of hydrogen-bond donors (Lipinski definition) is 1. The zero-order valence-electron chi connectivity index (χ0n) is 8.71. The SMILES string of the molecule is CCCC(C)CCCc1cnc[nH]1. The minimum atomic E-state index is 0.882. The van der Waals surface area contributed by atoms with E-state index in [9.17, 15) is 0 Å². The lowest BCUT2D eigenvalue weighted by atomic mass is 9.99. The second kappa shape index (κ2) is 5.79. The Morgan fingerprint density at radius 3 is 2.92 bits per heavy atom. The minimum Gasteiger partial charge on any atom is -0.348 e. The van der Waals surface area contributed by atoms with Gasteiger partial charge >= 0.3 is 0 Å². The normalized spacial score (nSPS) is 13.1. The van der Waals surface area contributed by atoms with Crippen molar-refractivity contribution >= 4 is 0 Å². The Balaban J connectivity index is 2.07. The Labute approximate surface area is 80.8 Å². The van der Waals surface area contributed by atoms with Gasteiger partial charge in [-0.3, -0.25) is 0 Å². The summed E-state index contributed by atoms with van der Waals surface area (Å²) in [7, 11) is 0. The first kappa shape index (κ1) is 10.3. The van der Waals surface area contributed by atoms with Crippen molar-refractivity contribution in [3.05, 3.63) is 18.2 Å². The average molecular weight is 180 g/mol. The molecule has 1 N–H and O–H groups in total. The Hall–Kier alpha value is -0.790. The molecular formula is C11H20N2. The molecule has 0 aliphatic carbocycles. The first-order chi connectivity index (χ1) is 6.33. The maximum atomic E-state index is 4.00. The molecule has 2 heteroatoms. The lowest BCUT2D eigenvalue weighted by molar-refractivity contribution is 0.468. The number of hydrogen-bond acceptors (Lipinski definition) is 1. The molecule has 0 spiro atoms. The van der Waals surface area contributed by atoms with Crippen LogP contribution >= 0.6 is 0 Å². The van der Waals surface area contributed by atoms with Crippen LogP contribution in [0.3, 0.4) is 0 Å². The molecule has 0 fully saturated rings. The van der Waals surface area contributed by atoms with E-state index in [2.05, 4.69) is 23.8 Å². The molecular weight excluding hydrogens is 160 g/mol. The van der Waals surface area contributed by atoms with Gasteiger partial charge in [-0.15, -0.1) is 0 Å². The third-order valence-corrected chi connectivity index (χ3v) is 2.48. The summed E-state index contributed by atoms with van der Waals surface area (Å²) in [5, 5.41) is 0. The predicted octanol–water partition coefficient (Wildman–Crippen LogP) is 3.17. The van der Waals surface area contributed by atoms with Gasteiger partial charge in [0, 0.05) is 11.9 Å². The molecule has 0 saturated heterocycles. The highest BCUT2D eigenvalue weighted by Gasteiger charge is 2.00. The summed E-state index contributed by atoms with van der Waals surface area (Å²) in [5.74, 6) is 0.882. The van der Waals surface area contributed by atoms with E-state index in [1.807, 2.05) is 6.20 Å². The summed E-state index contributed by atoms with van der Waals surface area (Å²) in [6.07, 6.45) is 10.1.